The molecule has 2 heterocycles. The maximum Gasteiger partial charge on any atom is 0.116 e. The van der Waals surface area contributed by atoms with Crippen LogP contribution in [-0.4, -0.2) is 19.9 Å². The van der Waals surface area contributed by atoms with Crippen LogP contribution in [0.25, 0.3) is 21.8 Å². The molecule has 0 bridgehead atoms. The average molecular weight is 182 g/mol. The summed E-state index contributed by atoms with van der Waals surface area (Å²) in [6.45, 7) is 0. The Labute approximate surface area is 79.7 Å². The normalized spacial score (nSPS) is 10.9. The molecule has 3 aromatic rings. The molecule has 0 aliphatic carbocycles. The van der Waals surface area contributed by atoms with Crippen LogP contribution in [-0.2, 0) is 0 Å². The van der Waals surface area contributed by atoms with Gasteiger partial charge in [-0.1, -0.05) is 12.1 Å². The zero-order chi connectivity index (χ0) is 9.38. The number of nitrogens with zero attached hydrogens (tertiary/aromatic N) is 4. The molecule has 0 fully saturated rings. The summed E-state index contributed by atoms with van der Waals surface area (Å²) in [7, 11) is 0. The van der Waals surface area contributed by atoms with Gasteiger partial charge in [-0.05, 0) is 0 Å². The lowest BCUT2D eigenvalue weighted by molar-refractivity contribution is 1.20. The van der Waals surface area contributed by atoms with Crippen LogP contribution in [0.3, 0.4) is 0 Å². The van der Waals surface area contributed by atoms with Crippen molar-refractivity contribution in [3.8, 4) is 0 Å². The molecule has 0 spiro atoms. The molecule has 3 rings (SSSR count). The first-order valence-electron chi connectivity index (χ1n) is 4.23. The lowest BCUT2D eigenvalue weighted by Gasteiger charge is -1.99. The molecule has 2 aromatic heterocycles. The Hall–Kier alpha value is -2.10. The smallest absolute Gasteiger partial charge is 0.116 e. The van der Waals surface area contributed by atoms with E-state index in [9.17, 15) is 0 Å². The molecule has 0 aliphatic rings. The molecular formula is C10H6N4. The zero-order valence-corrected chi connectivity index (χ0v) is 7.25. The van der Waals surface area contributed by atoms with Crippen LogP contribution in [0.1, 0.15) is 0 Å². The third-order valence-electron chi connectivity index (χ3n) is 2.15. The Bertz CT molecular complexity index is 551. The van der Waals surface area contributed by atoms with E-state index in [-0.39, 0.29) is 0 Å². The largest absolute Gasteiger partial charge is 0.244 e. The van der Waals surface area contributed by atoms with E-state index in [1.807, 2.05) is 12.1 Å². The summed E-state index contributed by atoms with van der Waals surface area (Å²) in [5.41, 5.74) is 1.75. The van der Waals surface area contributed by atoms with Crippen LogP contribution in [0.2, 0.25) is 0 Å². The molecule has 66 valence electrons. The predicted molar refractivity (Wildman–Crippen MR) is 52.6 cm³/mol. The molecule has 1 aromatic carbocycles. The van der Waals surface area contributed by atoms with Crippen LogP contribution in [0.15, 0.2) is 37.2 Å². The van der Waals surface area contributed by atoms with Gasteiger partial charge < -0.3 is 0 Å². The summed E-state index contributed by atoms with van der Waals surface area (Å²) < 4.78 is 0. The molecule has 0 aliphatic heterocycles. The highest BCUT2D eigenvalue weighted by atomic mass is 14.9. The van der Waals surface area contributed by atoms with E-state index in [1.54, 1.807) is 12.4 Å². The highest BCUT2D eigenvalue weighted by Crippen LogP contribution is 2.19. The Morgan fingerprint density at radius 1 is 0.714 bits per heavy atom. The Morgan fingerprint density at radius 3 is 1.71 bits per heavy atom. The van der Waals surface area contributed by atoms with E-state index >= 15 is 0 Å². The Balaban J connectivity index is 2.61. The van der Waals surface area contributed by atoms with Crippen LogP contribution < -0.4 is 0 Å². The molecule has 0 unspecified atom stereocenters. The third kappa shape index (κ3) is 0.939. The van der Waals surface area contributed by atoms with Crippen molar-refractivity contribution in [3.63, 3.8) is 0 Å². The van der Waals surface area contributed by atoms with Gasteiger partial charge in [0.1, 0.15) is 12.7 Å². The molecule has 4 nitrogen and oxygen atoms in total. The molecular weight excluding hydrogens is 176 g/mol. The van der Waals surface area contributed by atoms with Gasteiger partial charge in [-0.2, -0.15) is 0 Å². The quantitative estimate of drug-likeness (QED) is 0.495. The zero-order valence-electron chi connectivity index (χ0n) is 7.25. The molecule has 0 saturated carbocycles. The summed E-state index contributed by atoms with van der Waals surface area (Å²) in [4.78, 5) is 16.3. The number of benzene rings is 1. The van der Waals surface area contributed by atoms with Crippen molar-refractivity contribution in [2.75, 3.05) is 0 Å². The van der Waals surface area contributed by atoms with E-state index < -0.39 is 0 Å². The van der Waals surface area contributed by atoms with Gasteiger partial charge in [-0.3, -0.25) is 0 Å². The van der Waals surface area contributed by atoms with Gasteiger partial charge >= 0.3 is 0 Å². The van der Waals surface area contributed by atoms with Crippen molar-refractivity contribution >= 4 is 21.8 Å². The molecule has 14 heavy (non-hydrogen) atoms. The highest BCUT2D eigenvalue weighted by molar-refractivity contribution is 6.01. The first kappa shape index (κ1) is 7.32. The number of rotatable bonds is 0. The fourth-order valence-electron chi connectivity index (χ4n) is 1.50. The van der Waals surface area contributed by atoms with E-state index in [4.69, 9.17) is 0 Å². The highest BCUT2D eigenvalue weighted by Gasteiger charge is 2.01. The first-order chi connectivity index (χ1) is 6.95. The predicted octanol–water partition coefficient (Wildman–Crippen LogP) is 1.57. The summed E-state index contributed by atoms with van der Waals surface area (Å²) in [5, 5.41) is 2.00. The number of fused-ring (bicyclic) bond motifs is 3. The van der Waals surface area contributed by atoms with Crippen molar-refractivity contribution < 1.29 is 0 Å². The minimum absolute atomic E-state index is 0.875. The Kier molecular flexibility index (Phi) is 1.41. The van der Waals surface area contributed by atoms with Gasteiger partial charge in [0.2, 0.25) is 0 Å². The van der Waals surface area contributed by atoms with Crippen molar-refractivity contribution in [1.82, 2.24) is 19.9 Å². The standard InChI is InChI=1S/C10H6N4/c1-2-8-4-12-6-14-10(8)9-7(1)3-11-5-13-9/h1-6H. The second kappa shape index (κ2) is 2.70. The van der Waals surface area contributed by atoms with Crippen molar-refractivity contribution in [3.05, 3.63) is 37.2 Å². The van der Waals surface area contributed by atoms with Gasteiger partial charge in [-0.25, -0.2) is 19.9 Å². The SMILES string of the molecule is c1ncc2ccc3cncnc3c2n1. The maximum absolute atomic E-state index is 4.21. The number of hydrogen-bond acceptors (Lipinski definition) is 4. The summed E-state index contributed by atoms with van der Waals surface area (Å²) >= 11 is 0. The molecule has 0 radical (unpaired) electrons. The molecule has 0 saturated heterocycles. The van der Waals surface area contributed by atoms with E-state index in [0.717, 1.165) is 21.8 Å². The summed E-state index contributed by atoms with van der Waals surface area (Å²) in [6.07, 6.45) is 6.63. The van der Waals surface area contributed by atoms with Crippen molar-refractivity contribution in [2.24, 2.45) is 0 Å². The monoisotopic (exact) mass is 182 g/mol. The van der Waals surface area contributed by atoms with Crippen LogP contribution >= 0.6 is 0 Å². The van der Waals surface area contributed by atoms with Crippen LogP contribution in [0, 0.1) is 0 Å². The molecule has 4 heteroatoms. The second-order valence-corrected chi connectivity index (χ2v) is 2.99. The van der Waals surface area contributed by atoms with Crippen molar-refractivity contribution in [1.29, 1.82) is 0 Å². The van der Waals surface area contributed by atoms with Gasteiger partial charge in [0.15, 0.2) is 0 Å². The summed E-state index contributed by atoms with van der Waals surface area (Å²) in [6, 6.07) is 3.95. The summed E-state index contributed by atoms with van der Waals surface area (Å²) in [5.74, 6) is 0. The lowest BCUT2D eigenvalue weighted by atomic mass is 10.2. The third-order valence-corrected chi connectivity index (χ3v) is 2.15. The fourth-order valence-corrected chi connectivity index (χ4v) is 1.50. The van der Waals surface area contributed by atoms with Gasteiger partial charge in [0.25, 0.3) is 0 Å². The fraction of sp³-hybridized carbons (Fsp3) is 0. The van der Waals surface area contributed by atoms with Gasteiger partial charge in [0.05, 0.1) is 11.0 Å². The lowest BCUT2D eigenvalue weighted by Crippen LogP contribution is -1.86. The van der Waals surface area contributed by atoms with Gasteiger partial charge in [-0.15, -0.1) is 0 Å². The maximum atomic E-state index is 4.21. The minimum Gasteiger partial charge on any atom is -0.244 e. The molecule has 0 amide bonds. The van der Waals surface area contributed by atoms with E-state index in [0.29, 0.717) is 0 Å². The van der Waals surface area contributed by atoms with E-state index in [2.05, 4.69) is 19.9 Å². The van der Waals surface area contributed by atoms with Gasteiger partial charge in [0, 0.05) is 23.2 Å². The minimum atomic E-state index is 0.875. The second-order valence-electron chi connectivity index (χ2n) is 2.99. The number of hydrogen-bond donors (Lipinski definition) is 0. The molecule has 0 atom stereocenters. The average Bonchev–Trinajstić information content (AvgIpc) is 2.29. The topological polar surface area (TPSA) is 51.6 Å². The van der Waals surface area contributed by atoms with Crippen LogP contribution in [0.4, 0.5) is 0 Å². The Morgan fingerprint density at radius 2 is 1.21 bits per heavy atom. The van der Waals surface area contributed by atoms with Crippen LogP contribution in [0.5, 0.6) is 0 Å². The first-order valence-corrected chi connectivity index (χ1v) is 4.23. The molecule has 0 N–H and O–H groups in total. The van der Waals surface area contributed by atoms with E-state index in [1.165, 1.54) is 12.7 Å². The number of aromatic nitrogens is 4. The van der Waals surface area contributed by atoms with Crippen molar-refractivity contribution in [2.45, 2.75) is 0 Å².